The minimum atomic E-state index is 1.13. The van der Waals surface area contributed by atoms with Gasteiger partial charge < -0.3 is 0 Å². The van der Waals surface area contributed by atoms with Crippen LogP contribution in [-0.2, 0) is 0 Å². The molecule has 22 heavy (non-hydrogen) atoms. The van der Waals surface area contributed by atoms with Gasteiger partial charge in [-0.1, -0.05) is 50.7 Å². The van der Waals surface area contributed by atoms with E-state index in [2.05, 4.69) is 34.6 Å². The average Bonchev–Trinajstić information content (AvgIpc) is 2.58. The van der Waals surface area contributed by atoms with E-state index >= 15 is 0 Å². The lowest BCUT2D eigenvalue weighted by Gasteiger charge is -2.07. The topological polar surface area (TPSA) is 24.7 Å². The molecule has 0 aliphatic carbocycles. The number of aliphatic imine (C=N–C) groups is 2. The molecule has 2 aliphatic rings. The Balaban J connectivity index is 1.34. The first-order valence-corrected chi connectivity index (χ1v) is 9.38. The van der Waals surface area contributed by atoms with E-state index < -0.39 is 0 Å². The summed E-state index contributed by atoms with van der Waals surface area (Å²) in [6.45, 7) is 0. The Kier molecular flexibility index (Phi) is 8.90. The molecular weight excluding hydrogens is 268 g/mol. The van der Waals surface area contributed by atoms with Crippen LogP contribution in [0.25, 0.3) is 0 Å². The third kappa shape index (κ3) is 7.72. The number of rotatable bonds is 11. The Bertz CT molecular complexity index is 375. The Morgan fingerprint density at radius 3 is 1.32 bits per heavy atom. The molecule has 0 amide bonds. The second kappa shape index (κ2) is 11.4. The third-order valence-corrected chi connectivity index (χ3v) is 4.48. The fourth-order valence-corrected chi connectivity index (χ4v) is 3.12. The number of allylic oxidation sites excluding steroid dienone is 4. The number of hydrogen-bond donors (Lipinski definition) is 0. The second-order valence-electron chi connectivity index (χ2n) is 6.50. The largest absolute Gasteiger partial charge is 0.266 e. The summed E-state index contributed by atoms with van der Waals surface area (Å²) in [6.07, 6.45) is 26.8. The van der Waals surface area contributed by atoms with Gasteiger partial charge in [-0.2, -0.15) is 0 Å². The fourth-order valence-electron chi connectivity index (χ4n) is 3.12. The van der Waals surface area contributed by atoms with Crippen molar-refractivity contribution in [3.05, 3.63) is 23.5 Å². The first kappa shape index (κ1) is 17.2. The summed E-state index contributed by atoms with van der Waals surface area (Å²) >= 11 is 0. The predicted molar refractivity (Wildman–Crippen MR) is 97.8 cm³/mol. The van der Waals surface area contributed by atoms with Crippen molar-refractivity contribution in [1.82, 2.24) is 0 Å². The highest BCUT2D eigenvalue weighted by atomic mass is 14.7. The highest BCUT2D eigenvalue weighted by molar-refractivity contribution is 5.61. The van der Waals surface area contributed by atoms with Gasteiger partial charge >= 0.3 is 0 Å². The Morgan fingerprint density at radius 1 is 0.545 bits per heavy atom. The molecule has 0 aromatic rings. The summed E-state index contributed by atoms with van der Waals surface area (Å²) in [5.41, 5.74) is 2.65. The molecular formula is C20H32N2. The minimum absolute atomic E-state index is 1.13. The van der Waals surface area contributed by atoms with Crippen LogP contribution < -0.4 is 0 Å². The predicted octanol–water partition coefficient (Wildman–Crippen LogP) is 6.38. The first-order valence-electron chi connectivity index (χ1n) is 9.38. The summed E-state index contributed by atoms with van der Waals surface area (Å²) in [5, 5.41) is 0. The van der Waals surface area contributed by atoms with Gasteiger partial charge in [-0.25, -0.2) is 0 Å². The van der Waals surface area contributed by atoms with Crippen molar-refractivity contribution in [2.24, 2.45) is 9.98 Å². The Hall–Kier alpha value is -1.18. The summed E-state index contributed by atoms with van der Waals surface area (Å²) in [7, 11) is 0. The van der Waals surface area contributed by atoms with E-state index in [0.717, 1.165) is 12.8 Å². The zero-order chi connectivity index (χ0) is 15.3. The molecule has 0 unspecified atom stereocenters. The number of nitrogens with zero attached hydrogens (tertiary/aromatic N) is 2. The van der Waals surface area contributed by atoms with Crippen molar-refractivity contribution in [2.75, 3.05) is 0 Å². The van der Waals surface area contributed by atoms with E-state index in [1.165, 1.54) is 88.4 Å². The zero-order valence-corrected chi connectivity index (χ0v) is 14.1. The molecule has 2 nitrogen and oxygen atoms in total. The minimum Gasteiger partial charge on any atom is -0.266 e. The summed E-state index contributed by atoms with van der Waals surface area (Å²) in [6, 6.07) is 0. The van der Waals surface area contributed by atoms with Crippen LogP contribution >= 0.6 is 0 Å². The van der Waals surface area contributed by atoms with Crippen molar-refractivity contribution in [3.63, 3.8) is 0 Å². The average molecular weight is 300 g/mol. The summed E-state index contributed by atoms with van der Waals surface area (Å²) < 4.78 is 0. The van der Waals surface area contributed by atoms with Crippen LogP contribution in [0.3, 0.4) is 0 Å². The molecule has 2 rings (SSSR count). The van der Waals surface area contributed by atoms with Gasteiger partial charge in [-0.3, -0.25) is 9.98 Å². The molecule has 0 aromatic heterocycles. The maximum absolute atomic E-state index is 4.46. The van der Waals surface area contributed by atoms with Gasteiger partial charge in [-0.05, 0) is 51.4 Å². The molecule has 2 heteroatoms. The van der Waals surface area contributed by atoms with Crippen LogP contribution in [-0.4, -0.2) is 12.4 Å². The number of hydrogen-bond acceptors (Lipinski definition) is 2. The normalized spacial score (nSPS) is 17.5. The molecule has 122 valence electrons. The molecule has 0 bridgehead atoms. The van der Waals surface area contributed by atoms with Crippen molar-refractivity contribution in [3.8, 4) is 0 Å². The fraction of sp³-hybridized carbons (Fsp3) is 0.700. The molecule has 2 heterocycles. The first-order chi connectivity index (χ1) is 10.9. The van der Waals surface area contributed by atoms with E-state index in [9.17, 15) is 0 Å². The van der Waals surface area contributed by atoms with Crippen molar-refractivity contribution >= 4 is 12.4 Å². The smallest absolute Gasteiger partial charge is 0.0360 e. The summed E-state index contributed by atoms with van der Waals surface area (Å²) in [5.74, 6) is 0. The second-order valence-corrected chi connectivity index (χ2v) is 6.50. The lowest BCUT2D eigenvalue weighted by atomic mass is 10.0. The van der Waals surface area contributed by atoms with Gasteiger partial charge in [-0.15, -0.1) is 0 Å². The molecule has 0 radical (unpaired) electrons. The van der Waals surface area contributed by atoms with Crippen molar-refractivity contribution in [1.29, 1.82) is 0 Å². The van der Waals surface area contributed by atoms with E-state index in [4.69, 9.17) is 0 Å². The number of unbranched alkanes of at least 4 members (excludes halogenated alkanes) is 7. The zero-order valence-electron chi connectivity index (χ0n) is 14.1. The molecule has 0 atom stereocenters. The van der Waals surface area contributed by atoms with Crippen LogP contribution in [0.15, 0.2) is 33.5 Å². The van der Waals surface area contributed by atoms with Gasteiger partial charge in [0, 0.05) is 23.8 Å². The van der Waals surface area contributed by atoms with E-state index in [1.54, 1.807) is 0 Å². The van der Waals surface area contributed by atoms with Crippen molar-refractivity contribution < 1.29 is 0 Å². The Labute approximate surface area is 136 Å². The van der Waals surface area contributed by atoms with Crippen LogP contribution in [0.2, 0.25) is 0 Å². The van der Waals surface area contributed by atoms with Crippen LogP contribution in [0.1, 0.15) is 89.9 Å². The lowest BCUT2D eigenvalue weighted by molar-refractivity contribution is 0.565. The molecule has 0 N–H and O–H groups in total. The van der Waals surface area contributed by atoms with Crippen molar-refractivity contribution in [2.45, 2.75) is 89.9 Å². The molecule has 2 aliphatic heterocycles. The molecule has 0 aromatic carbocycles. The van der Waals surface area contributed by atoms with Crippen LogP contribution in [0.4, 0.5) is 0 Å². The van der Waals surface area contributed by atoms with E-state index in [1.807, 2.05) is 0 Å². The highest BCUT2D eigenvalue weighted by Gasteiger charge is 2.00. The summed E-state index contributed by atoms with van der Waals surface area (Å²) in [4.78, 5) is 8.91. The van der Waals surface area contributed by atoms with E-state index in [0.29, 0.717) is 0 Å². The van der Waals surface area contributed by atoms with Gasteiger partial charge in [0.1, 0.15) is 0 Å². The quantitative estimate of drug-likeness (QED) is 0.395. The molecule has 0 spiro atoms. The van der Waals surface area contributed by atoms with Gasteiger partial charge in [0.2, 0.25) is 0 Å². The van der Waals surface area contributed by atoms with Gasteiger partial charge in [0.05, 0.1) is 0 Å². The Morgan fingerprint density at radius 2 is 0.955 bits per heavy atom. The SMILES string of the molecule is C1=NC(CCCCCCCCCCC2=CCCC=N2)=CCC1. The molecule has 0 saturated heterocycles. The van der Waals surface area contributed by atoms with Gasteiger partial charge in [0.25, 0.3) is 0 Å². The molecule has 0 fully saturated rings. The maximum atomic E-state index is 4.46. The molecule has 0 saturated carbocycles. The van der Waals surface area contributed by atoms with Crippen LogP contribution in [0, 0.1) is 0 Å². The van der Waals surface area contributed by atoms with E-state index in [-0.39, 0.29) is 0 Å². The lowest BCUT2D eigenvalue weighted by Crippen LogP contribution is -1.90. The third-order valence-electron chi connectivity index (χ3n) is 4.48. The monoisotopic (exact) mass is 300 g/mol. The maximum Gasteiger partial charge on any atom is 0.0360 e. The van der Waals surface area contributed by atoms with Gasteiger partial charge in [0.15, 0.2) is 0 Å². The standard InChI is InChI=1S/C20H32N2/c1(3-5-7-13-19-15-9-11-17-21-19)2-4-6-8-14-20-16-10-12-18-22-20/h15-18H,1-14H2. The highest BCUT2D eigenvalue weighted by Crippen LogP contribution is 2.18. The van der Waals surface area contributed by atoms with Crippen LogP contribution in [0.5, 0.6) is 0 Å².